The van der Waals surface area contributed by atoms with Gasteiger partial charge >= 0.3 is 0 Å². The second kappa shape index (κ2) is 15.2. The Bertz CT molecular complexity index is 619. The number of amides is 1. The van der Waals surface area contributed by atoms with Crippen LogP contribution in [0.1, 0.15) is 111 Å². The molecule has 0 saturated carbocycles. The number of carbonyl (C=O) groups is 1. The summed E-state index contributed by atoms with van der Waals surface area (Å²) in [6.07, 6.45) is 19.2. The molecule has 2 unspecified atom stereocenters. The molecule has 1 amide bonds. The highest BCUT2D eigenvalue weighted by atomic mass is 16.5. The number of unbranched alkanes of at least 4 members (excludes halogenated alkanes) is 13. The van der Waals surface area contributed by atoms with Gasteiger partial charge in [0.1, 0.15) is 5.75 Å². The Morgan fingerprint density at radius 1 is 0.839 bits per heavy atom. The van der Waals surface area contributed by atoms with Crippen LogP contribution in [0.3, 0.4) is 0 Å². The molecule has 1 aromatic carbocycles. The van der Waals surface area contributed by atoms with E-state index in [0.29, 0.717) is 0 Å². The van der Waals surface area contributed by atoms with Gasteiger partial charge in [0, 0.05) is 6.07 Å². The first-order valence-corrected chi connectivity index (χ1v) is 13.0. The van der Waals surface area contributed by atoms with Crippen LogP contribution in [-0.2, 0) is 4.79 Å². The lowest BCUT2D eigenvalue weighted by molar-refractivity contribution is -0.122. The van der Waals surface area contributed by atoms with Crippen molar-refractivity contribution in [1.29, 1.82) is 0 Å². The third kappa shape index (κ3) is 9.53. The molecule has 0 spiro atoms. The second-order valence-electron chi connectivity index (χ2n) is 9.32. The highest BCUT2D eigenvalue weighted by molar-refractivity contribution is 5.84. The van der Waals surface area contributed by atoms with Crippen molar-refractivity contribution in [3.8, 4) is 5.75 Å². The molecule has 1 aliphatic heterocycles. The van der Waals surface area contributed by atoms with Crippen molar-refractivity contribution < 1.29 is 9.53 Å². The maximum absolute atomic E-state index is 11.9. The van der Waals surface area contributed by atoms with E-state index in [1.807, 2.05) is 36.2 Å². The number of carbonyl (C=O) groups excluding carboxylic acids is 1. The summed E-state index contributed by atoms with van der Waals surface area (Å²) in [5.41, 5.74) is 3.95. The van der Waals surface area contributed by atoms with Gasteiger partial charge in [0.2, 0.25) is 5.91 Å². The molecule has 4 heteroatoms. The maximum Gasteiger partial charge on any atom is 0.243 e. The zero-order chi connectivity index (χ0) is 22.3. The largest absolute Gasteiger partial charge is 0.494 e. The maximum atomic E-state index is 11.9. The Balaban J connectivity index is 1.46. The molecule has 1 saturated heterocycles. The zero-order valence-electron chi connectivity index (χ0n) is 20.3. The first-order chi connectivity index (χ1) is 15.1. The standard InChI is InChI=1S/C27H46N2O2/c1-4-5-6-7-8-9-10-11-12-13-14-15-16-17-21-31-26-20-18-19-25(22-26)29-24(3)23(2)27(30)28-29/h18-20,22-24H,4-17,21H2,1-3H3,(H,28,30). The van der Waals surface area contributed by atoms with Crippen LogP contribution in [0.2, 0.25) is 0 Å². The number of hydrogen-bond acceptors (Lipinski definition) is 3. The van der Waals surface area contributed by atoms with Crippen LogP contribution in [0.5, 0.6) is 5.75 Å². The van der Waals surface area contributed by atoms with E-state index in [-0.39, 0.29) is 17.9 Å². The smallest absolute Gasteiger partial charge is 0.243 e. The Kier molecular flexibility index (Phi) is 12.5. The van der Waals surface area contributed by atoms with Gasteiger partial charge < -0.3 is 4.74 Å². The van der Waals surface area contributed by atoms with Crippen molar-refractivity contribution in [2.24, 2.45) is 5.92 Å². The minimum Gasteiger partial charge on any atom is -0.494 e. The summed E-state index contributed by atoms with van der Waals surface area (Å²) in [4.78, 5) is 11.9. The Hall–Kier alpha value is -1.71. The van der Waals surface area contributed by atoms with Crippen LogP contribution in [0.15, 0.2) is 24.3 Å². The fourth-order valence-corrected chi connectivity index (χ4v) is 4.27. The fraction of sp³-hybridized carbons (Fsp3) is 0.741. The molecule has 1 aromatic rings. The molecule has 2 atom stereocenters. The van der Waals surface area contributed by atoms with E-state index in [9.17, 15) is 4.79 Å². The van der Waals surface area contributed by atoms with Gasteiger partial charge in [0.25, 0.3) is 0 Å². The molecule has 176 valence electrons. The summed E-state index contributed by atoms with van der Waals surface area (Å²) in [5, 5.41) is 1.95. The lowest BCUT2D eigenvalue weighted by atomic mass is 10.0. The predicted molar refractivity (Wildman–Crippen MR) is 131 cm³/mol. The number of rotatable bonds is 17. The third-order valence-corrected chi connectivity index (χ3v) is 6.64. The van der Waals surface area contributed by atoms with Crippen molar-refractivity contribution in [2.75, 3.05) is 11.6 Å². The highest BCUT2D eigenvalue weighted by Crippen LogP contribution is 2.27. The molecule has 1 heterocycles. The van der Waals surface area contributed by atoms with Crippen LogP contribution >= 0.6 is 0 Å². The summed E-state index contributed by atoms with van der Waals surface area (Å²) in [6.45, 7) is 7.09. The molecule has 0 radical (unpaired) electrons. The van der Waals surface area contributed by atoms with Gasteiger partial charge in [0.15, 0.2) is 0 Å². The molecular weight excluding hydrogens is 384 g/mol. The predicted octanol–water partition coefficient (Wildman–Crippen LogP) is 7.42. The number of ether oxygens (including phenoxy) is 1. The molecule has 4 nitrogen and oxygen atoms in total. The highest BCUT2D eigenvalue weighted by Gasteiger charge is 2.34. The summed E-state index contributed by atoms with van der Waals surface area (Å²) in [6, 6.07) is 8.19. The minimum absolute atomic E-state index is 0.000115. The molecule has 31 heavy (non-hydrogen) atoms. The summed E-state index contributed by atoms with van der Waals surface area (Å²) in [5.74, 6) is 0.967. The second-order valence-corrected chi connectivity index (χ2v) is 9.32. The lowest BCUT2D eigenvalue weighted by Gasteiger charge is -2.24. The first-order valence-electron chi connectivity index (χ1n) is 13.0. The van der Waals surface area contributed by atoms with E-state index < -0.39 is 0 Å². The monoisotopic (exact) mass is 430 g/mol. The number of hydrazine groups is 1. The average molecular weight is 431 g/mol. The van der Waals surface area contributed by atoms with Crippen LogP contribution < -0.4 is 15.2 Å². The van der Waals surface area contributed by atoms with Crippen molar-refractivity contribution in [2.45, 2.75) is 117 Å². The lowest BCUT2D eigenvalue weighted by Crippen LogP contribution is -2.37. The average Bonchev–Trinajstić information content (AvgIpc) is 3.04. The molecule has 1 fully saturated rings. The van der Waals surface area contributed by atoms with Crippen LogP contribution in [0, 0.1) is 5.92 Å². The van der Waals surface area contributed by atoms with Gasteiger partial charge in [0.05, 0.1) is 24.3 Å². The molecule has 1 N–H and O–H groups in total. The van der Waals surface area contributed by atoms with Gasteiger partial charge in [-0.1, -0.05) is 103 Å². The first kappa shape index (κ1) is 25.5. The topological polar surface area (TPSA) is 41.6 Å². The van der Waals surface area contributed by atoms with Gasteiger partial charge in [-0.05, 0) is 25.5 Å². The SMILES string of the molecule is CCCCCCCCCCCCCCCCOc1cccc(N2NC(=O)C(C)C2C)c1. The van der Waals surface area contributed by atoms with Crippen LogP contribution in [0.25, 0.3) is 0 Å². The molecule has 0 bridgehead atoms. The normalized spacial score (nSPS) is 18.4. The number of hydrogen-bond donors (Lipinski definition) is 1. The number of benzene rings is 1. The Labute approximate surface area is 191 Å². The van der Waals surface area contributed by atoms with Crippen molar-refractivity contribution in [1.82, 2.24) is 5.43 Å². The van der Waals surface area contributed by atoms with Gasteiger partial charge in [-0.25, -0.2) is 0 Å². The van der Waals surface area contributed by atoms with E-state index in [4.69, 9.17) is 4.74 Å². The van der Waals surface area contributed by atoms with Crippen LogP contribution in [0.4, 0.5) is 5.69 Å². The number of anilines is 1. The van der Waals surface area contributed by atoms with Crippen LogP contribution in [-0.4, -0.2) is 18.6 Å². The van der Waals surface area contributed by atoms with Crippen molar-refractivity contribution >= 4 is 11.6 Å². The summed E-state index contributed by atoms with van der Waals surface area (Å²) >= 11 is 0. The third-order valence-electron chi connectivity index (χ3n) is 6.64. The summed E-state index contributed by atoms with van der Waals surface area (Å²) < 4.78 is 5.96. The van der Waals surface area contributed by atoms with E-state index in [1.54, 1.807) is 0 Å². The number of nitrogens with zero attached hydrogens (tertiary/aromatic N) is 1. The molecule has 2 rings (SSSR count). The minimum atomic E-state index is 0.000115. The van der Waals surface area contributed by atoms with Crippen molar-refractivity contribution in [3.63, 3.8) is 0 Å². The number of nitrogens with one attached hydrogen (secondary N) is 1. The summed E-state index contributed by atoms with van der Waals surface area (Å²) in [7, 11) is 0. The molecule has 0 aliphatic carbocycles. The van der Waals surface area contributed by atoms with Crippen molar-refractivity contribution in [3.05, 3.63) is 24.3 Å². The molecular formula is C27H46N2O2. The van der Waals surface area contributed by atoms with E-state index >= 15 is 0 Å². The fourth-order valence-electron chi connectivity index (χ4n) is 4.27. The van der Waals surface area contributed by atoms with Gasteiger partial charge in [-0.15, -0.1) is 0 Å². The van der Waals surface area contributed by atoms with Gasteiger partial charge in [-0.2, -0.15) is 0 Å². The van der Waals surface area contributed by atoms with E-state index in [2.05, 4.69) is 19.3 Å². The Morgan fingerprint density at radius 3 is 1.90 bits per heavy atom. The van der Waals surface area contributed by atoms with E-state index in [1.165, 1.54) is 83.5 Å². The van der Waals surface area contributed by atoms with Gasteiger partial charge in [-0.3, -0.25) is 15.2 Å². The molecule has 1 aliphatic rings. The Morgan fingerprint density at radius 2 is 1.39 bits per heavy atom. The zero-order valence-corrected chi connectivity index (χ0v) is 20.3. The quantitative estimate of drug-likeness (QED) is 0.261. The van der Waals surface area contributed by atoms with E-state index in [0.717, 1.165) is 24.5 Å². The molecule has 0 aromatic heterocycles.